The maximum absolute atomic E-state index is 12.9. The van der Waals surface area contributed by atoms with Gasteiger partial charge in [0.1, 0.15) is 0 Å². The highest BCUT2D eigenvalue weighted by atomic mass is 16.6. The minimum Gasteiger partial charge on any atom is -0.379 e. The van der Waals surface area contributed by atoms with E-state index in [2.05, 4.69) is 15.1 Å². The summed E-state index contributed by atoms with van der Waals surface area (Å²) in [7, 11) is 0. The van der Waals surface area contributed by atoms with Crippen molar-refractivity contribution in [1.29, 1.82) is 0 Å². The lowest BCUT2D eigenvalue weighted by Gasteiger charge is -2.38. The number of benzene rings is 1. The van der Waals surface area contributed by atoms with Crippen LogP contribution in [0.15, 0.2) is 18.2 Å². The number of nitrogens with one attached hydrogen (secondary N) is 1. The second kappa shape index (κ2) is 7.82. The van der Waals surface area contributed by atoms with Gasteiger partial charge in [-0.2, -0.15) is 0 Å². The summed E-state index contributed by atoms with van der Waals surface area (Å²) >= 11 is 0. The molecule has 1 N–H and O–H groups in total. The Labute approximate surface area is 158 Å². The summed E-state index contributed by atoms with van der Waals surface area (Å²) < 4.78 is 5.35. The van der Waals surface area contributed by atoms with Gasteiger partial charge in [-0.1, -0.05) is 0 Å². The van der Waals surface area contributed by atoms with Crippen LogP contribution in [0.4, 0.5) is 11.4 Å². The summed E-state index contributed by atoms with van der Waals surface area (Å²) in [4.78, 5) is 28.2. The van der Waals surface area contributed by atoms with Gasteiger partial charge in [-0.05, 0) is 30.9 Å². The van der Waals surface area contributed by atoms with Crippen molar-refractivity contribution in [2.75, 3.05) is 50.8 Å². The van der Waals surface area contributed by atoms with Crippen molar-refractivity contribution in [3.05, 3.63) is 33.9 Å². The number of nitro groups is 1. The minimum absolute atomic E-state index is 0.0670. The van der Waals surface area contributed by atoms with E-state index < -0.39 is 0 Å². The van der Waals surface area contributed by atoms with E-state index in [-0.39, 0.29) is 28.5 Å². The van der Waals surface area contributed by atoms with Crippen LogP contribution in [-0.2, 0) is 16.0 Å². The van der Waals surface area contributed by atoms with E-state index >= 15 is 0 Å². The largest absolute Gasteiger partial charge is 0.379 e. The van der Waals surface area contributed by atoms with Crippen molar-refractivity contribution in [3.8, 4) is 0 Å². The molecule has 27 heavy (non-hydrogen) atoms. The molecule has 8 nitrogen and oxygen atoms in total. The molecule has 0 saturated carbocycles. The highest BCUT2D eigenvalue weighted by molar-refractivity contribution is 5.82. The summed E-state index contributed by atoms with van der Waals surface area (Å²) in [5.41, 5.74) is 2.06. The zero-order valence-electron chi connectivity index (χ0n) is 15.4. The summed E-state index contributed by atoms with van der Waals surface area (Å²) in [5, 5.41) is 14.2. The van der Waals surface area contributed by atoms with Gasteiger partial charge in [-0.3, -0.25) is 19.8 Å². The molecule has 3 aliphatic heterocycles. The predicted molar refractivity (Wildman–Crippen MR) is 101 cm³/mol. The van der Waals surface area contributed by atoms with Gasteiger partial charge in [0.05, 0.1) is 24.1 Å². The monoisotopic (exact) mass is 374 g/mol. The molecule has 0 radical (unpaired) electrons. The number of non-ortho nitro benzene ring substituents is 1. The fourth-order valence-electron chi connectivity index (χ4n) is 4.57. The van der Waals surface area contributed by atoms with Crippen LogP contribution in [-0.4, -0.2) is 67.7 Å². The third-order valence-electron chi connectivity index (χ3n) is 5.95. The van der Waals surface area contributed by atoms with Crippen molar-refractivity contribution in [2.45, 2.75) is 25.3 Å². The first-order valence-corrected chi connectivity index (χ1v) is 9.75. The quantitative estimate of drug-likeness (QED) is 0.615. The van der Waals surface area contributed by atoms with Crippen molar-refractivity contribution >= 4 is 17.3 Å². The molecule has 0 aromatic heterocycles. The Morgan fingerprint density at radius 1 is 1.30 bits per heavy atom. The van der Waals surface area contributed by atoms with Gasteiger partial charge in [0, 0.05) is 56.6 Å². The topological polar surface area (TPSA) is 88.0 Å². The van der Waals surface area contributed by atoms with Crippen molar-refractivity contribution in [2.24, 2.45) is 5.92 Å². The number of amides is 1. The van der Waals surface area contributed by atoms with Crippen LogP contribution in [0.1, 0.15) is 18.4 Å². The molecule has 146 valence electrons. The Morgan fingerprint density at radius 2 is 2.11 bits per heavy atom. The second-order valence-corrected chi connectivity index (χ2v) is 7.53. The first-order chi connectivity index (χ1) is 13.1. The maximum atomic E-state index is 12.9. The van der Waals surface area contributed by atoms with Crippen LogP contribution >= 0.6 is 0 Å². The molecule has 1 aromatic carbocycles. The number of nitrogens with zero attached hydrogens (tertiary/aromatic N) is 3. The molecule has 3 aliphatic rings. The predicted octanol–water partition coefficient (Wildman–Crippen LogP) is 1.18. The number of anilines is 1. The number of ether oxygens (including phenoxy) is 1. The summed E-state index contributed by atoms with van der Waals surface area (Å²) in [6, 6.07) is 5.25. The molecular formula is C19H26N4O4. The van der Waals surface area contributed by atoms with Crippen molar-refractivity contribution in [1.82, 2.24) is 10.2 Å². The molecule has 1 amide bonds. The first-order valence-electron chi connectivity index (χ1n) is 9.75. The van der Waals surface area contributed by atoms with Gasteiger partial charge >= 0.3 is 0 Å². The Morgan fingerprint density at radius 3 is 2.89 bits per heavy atom. The number of hydrogen-bond acceptors (Lipinski definition) is 6. The van der Waals surface area contributed by atoms with Gasteiger partial charge < -0.3 is 15.0 Å². The van der Waals surface area contributed by atoms with Crippen LogP contribution in [0.3, 0.4) is 0 Å². The zero-order chi connectivity index (χ0) is 18.8. The van der Waals surface area contributed by atoms with E-state index in [1.165, 1.54) is 0 Å². The van der Waals surface area contributed by atoms with E-state index in [4.69, 9.17) is 4.74 Å². The first kappa shape index (κ1) is 18.2. The maximum Gasteiger partial charge on any atom is 0.269 e. The Kier molecular flexibility index (Phi) is 5.27. The molecule has 2 unspecified atom stereocenters. The van der Waals surface area contributed by atoms with Crippen LogP contribution in [0.25, 0.3) is 0 Å². The average molecular weight is 374 g/mol. The number of carbonyl (C=O) groups excluding carboxylic acids is 1. The highest BCUT2D eigenvalue weighted by Crippen LogP contribution is 2.40. The number of morpholine rings is 1. The number of hydrogen-bond donors (Lipinski definition) is 1. The van der Waals surface area contributed by atoms with Gasteiger partial charge in [-0.15, -0.1) is 0 Å². The van der Waals surface area contributed by atoms with Crippen molar-refractivity contribution in [3.63, 3.8) is 0 Å². The number of carbonyl (C=O) groups is 1. The standard InChI is InChI=1S/C19H26N4O4/c24-19(20-5-7-21-8-10-27-11-9-21)16-13-14-12-15(23(25)26)3-4-17(14)22-6-1-2-18(16)22/h3-4,12,16,18H,1-2,5-11,13H2,(H,20,24). The van der Waals surface area contributed by atoms with Crippen molar-refractivity contribution < 1.29 is 14.5 Å². The molecule has 2 saturated heterocycles. The molecule has 0 aliphatic carbocycles. The molecule has 0 spiro atoms. The van der Waals surface area contributed by atoms with E-state index in [1.54, 1.807) is 12.1 Å². The average Bonchev–Trinajstić information content (AvgIpc) is 3.17. The van der Waals surface area contributed by atoms with Crippen LogP contribution in [0.2, 0.25) is 0 Å². The summed E-state index contributed by atoms with van der Waals surface area (Å²) in [5.74, 6) is -0.0796. The van der Waals surface area contributed by atoms with E-state index in [0.717, 1.165) is 63.5 Å². The molecule has 0 bridgehead atoms. The highest BCUT2D eigenvalue weighted by Gasteiger charge is 2.41. The Balaban J connectivity index is 1.43. The fraction of sp³-hybridized carbons (Fsp3) is 0.632. The molecule has 3 heterocycles. The second-order valence-electron chi connectivity index (χ2n) is 7.53. The van der Waals surface area contributed by atoms with Crippen LogP contribution in [0.5, 0.6) is 0 Å². The fourth-order valence-corrected chi connectivity index (χ4v) is 4.57. The third-order valence-corrected chi connectivity index (χ3v) is 5.95. The summed E-state index contributed by atoms with van der Waals surface area (Å²) in [6.07, 6.45) is 2.62. The lowest BCUT2D eigenvalue weighted by Crippen LogP contribution is -2.49. The molecule has 2 atom stereocenters. The minimum atomic E-state index is -0.367. The Hall–Kier alpha value is -2.19. The molecule has 1 aromatic rings. The van der Waals surface area contributed by atoms with Gasteiger partial charge in [-0.25, -0.2) is 0 Å². The Bertz CT molecular complexity index is 720. The van der Waals surface area contributed by atoms with Gasteiger partial charge in [0.15, 0.2) is 0 Å². The normalized spacial score (nSPS) is 25.0. The zero-order valence-corrected chi connectivity index (χ0v) is 15.4. The van der Waals surface area contributed by atoms with Gasteiger partial charge in [0.25, 0.3) is 5.69 Å². The van der Waals surface area contributed by atoms with Gasteiger partial charge in [0.2, 0.25) is 5.91 Å². The molecule has 8 heteroatoms. The third kappa shape index (κ3) is 3.77. The lowest BCUT2D eigenvalue weighted by molar-refractivity contribution is -0.384. The van der Waals surface area contributed by atoms with Crippen LogP contribution in [0, 0.1) is 16.0 Å². The van der Waals surface area contributed by atoms with E-state index in [9.17, 15) is 14.9 Å². The van der Waals surface area contributed by atoms with E-state index in [0.29, 0.717) is 13.0 Å². The SMILES string of the molecule is O=C(NCCN1CCOCC1)C1Cc2cc([N+](=O)[O-])ccc2N2CCCC12. The molecule has 4 rings (SSSR count). The number of nitro benzene ring substituents is 1. The lowest BCUT2D eigenvalue weighted by atomic mass is 9.85. The van der Waals surface area contributed by atoms with E-state index in [1.807, 2.05) is 6.07 Å². The number of rotatable bonds is 5. The van der Waals surface area contributed by atoms with Crippen LogP contribution < -0.4 is 10.2 Å². The smallest absolute Gasteiger partial charge is 0.269 e. The number of fused-ring (bicyclic) bond motifs is 3. The summed E-state index contributed by atoms with van der Waals surface area (Å²) in [6.45, 7) is 5.70. The molecular weight excluding hydrogens is 348 g/mol. The molecule has 2 fully saturated rings.